The van der Waals surface area contributed by atoms with Crippen LogP contribution in [0.1, 0.15) is 25.0 Å². The molecule has 0 amide bonds. The third-order valence-corrected chi connectivity index (χ3v) is 15.6. The summed E-state index contributed by atoms with van der Waals surface area (Å²) in [4.78, 5) is 4.92. The van der Waals surface area contributed by atoms with E-state index in [1.807, 2.05) is 0 Å². The summed E-state index contributed by atoms with van der Waals surface area (Å²) >= 11 is 0. The summed E-state index contributed by atoms with van der Waals surface area (Å²) in [5.41, 5.74) is 21.1. The Morgan fingerprint density at radius 3 is 1.31 bits per heavy atom. The molecule has 15 rings (SSSR count). The van der Waals surface area contributed by atoms with E-state index in [-0.39, 0.29) is 5.41 Å². The Kier molecular flexibility index (Phi) is 8.38. The van der Waals surface area contributed by atoms with Crippen LogP contribution in [0.2, 0.25) is 0 Å². The number of fused-ring (bicyclic) bond motifs is 14. The number of hydrogen-bond donors (Lipinski definition) is 0. The number of para-hydroxylation sites is 3. The average molecular weight is 907 g/mol. The average Bonchev–Trinajstić information content (AvgIpc) is 4.01. The van der Waals surface area contributed by atoms with Crippen LogP contribution < -0.4 is 9.80 Å². The second-order valence-corrected chi connectivity index (χ2v) is 19.8. The van der Waals surface area contributed by atoms with Gasteiger partial charge in [-0.3, -0.25) is 0 Å². The molecule has 1 aliphatic heterocycles. The minimum absolute atomic E-state index is 0.189. The molecule has 0 unspecified atom stereocenters. The van der Waals surface area contributed by atoms with Crippen LogP contribution in [0.3, 0.4) is 0 Å². The van der Waals surface area contributed by atoms with Gasteiger partial charge in [0.2, 0.25) is 0 Å². The fourth-order valence-corrected chi connectivity index (χ4v) is 12.3. The smallest absolute Gasteiger partial charge is 0.0542 e. The summed E-state index contributed by atoms with van der Waals surface area (Å²) < 4.78 is 4.84. The maximum Gasteiger partial charge on any atom is 0.0542 e. The summed E-state index contributed by atoms with van der Waals surface area (Å²) in [5, 5.41) is 7.37. The summed E-state index contributed by atoms with van der Waals surface area (Å²) in [7, 11) is 0. The van der Waals surface area contributed by atoms with Gasteiger partial charge in [-0.05, 0) is 154 Å². The molecule has 0 N–H and O–H groups in total. The Morgan fingerprint density at radius 1 is 0.282 bits per heavy atom. The van der Waals surface area contributed by atoms with E-state index >= 15 is 0 Å². The highest BCUT2D eigenvalue weighted by Gasteiger charge is 2.37. The van der Waals surface area contributed by atoms with E-state index in [0.29, 0.717) is 0 Å². The van der Waals surface area contributed by atoms with E-state index < -0.39 is 0 Å². The number of aromatic nitrogens is 2. The zero-order valence-electron chi connectivity index (χ0n) is 39.4. The molecular formula is C67H46N4. The van der Waals surface area contributed by atoms with Crippen LogP contribution in [0.4, 0.5) is 34.1 Å². The molecule has 13 aromatic rings. The first-order valence-corrected chi connectivity index (χ1v) is 24.7. The Hall–Kier alpha value is -9.12. The van der Waals surface area contributed by atoms with Crippen molar-refractivity contribution in [1.29, 1.82) is 0 Å². The molecular weight excluding hydrogens is 861 g/mol. The second kappa shape index (κ2) is 14.9. The fraction of sp³-hybridized carbons (Fsp3) is 0.0448. The minimum Gasteiger partial charge on any atom is -0.310 e. The molecule has 334 valence electrons. The molecule has 0 spiro atoms. The first-order valence-electron chi connectivity index (χ1n) is 24.7. The van der Waals surface area contributed by atoms with Gasteiger partial charge < -0.3 is 18.9 Å². The summed E-state index contributed by atoms with van der Waals surface area (Å²) in [6, 6.07) is 90.3. The van der Waals surface area contributed by atoms with E-state index in [1.54, 1.807) is 0 Å². The van der Waals surface area contributed by atoms with Gasteiger partial charge in [0.25, 0.3) is 0 Å². The van der Waals surface area contributed by atoms with Gasteiger partial charge >= 0.3 is 0 Å². The molecule has 4 heteroatoms. The van der Waals surface area contributed by atoms with Gasteiger partial charge in [-0.2, -0.15) is 0 Å². The van der Waals surface area contributed by atoms with Crippen molar-refractivity contribution in [3.05, 3.63) is 254 Å². The Balaban J connectivity index is 0.946. The van der Waals surface area contributed by atoms with Gasteiger partial charge in [0.1, 0.15) is 0 Å². The maximum absolute atomic E-state index is 2.46. The number of anilines is 6. The van der Waals surface area contributed by atoms with Crippen LogP contribution in [0, 0.1) is 0 Å². The number of hydrogen-bond acceptors (Lipinski definition) is 2. The van der Waals surface area contributed by atoms with Crippen molar-refractivity contribution in [2.75, 3.05) is 9.80 Å². The third-order valence-electron chi connectivity index (χ3n) is 15.6. The lowest BCUT2D eigenvalue weighted by Crippen LogP contribution is -2.16. The first-order chi connectivity index (χ1) is 35.0. The van der Waals surface area contributed by atoms with Crippen LogP contribution in [0.5, 0.6) is 0 Å². The quantitative estimate of drug-likeness (QED) is 0.175. The van der Waals surface area contributed by atoms with Crippen LogP contribution in [-0.4, -0.2) is 9.13 Å². The number of benzene rings is 11. The van der Waals surface area contributed by atoms with Gasteiger partial charge in [0, 0.05) is 72.2 Å². The van der Waals surface area contributed by atoms with E-state index in [9.17, 15) is 0 Å². The lowest BCUT2D eigenvalue weighted by atomic mass is 9.82. The summed E-state index contributed by atoms with van der Waals surface area (Å²) in [6.45, 7) is 4.76. The molecule has 3 heterocycles. The Morgan fingerprint density at radius 2 is 0.704 bits per heavy atom. The van der Waals surface area contributed by atoms with Crippen LogP contribution in [-0.2, 0) is 5.41 Å². The van der Waals surface area contributed by atoms with E-state index in [1.165, 1.54) is 82.3 Å². The van der Waals surface area contributed by atoms with Gasteiger partial charge in [-0.15, -0.1) is 0 Å². The number of nitrogens with zero attached hydrogens (tertiary/aromatic N) is 4. The SMILES string of the molecule is CC1(C)c2ccc3cc2-c2cc(ccc21)N(c1ccc2c(c1)c1ccccc1n2-c1cccc2ccccc12)c1cccc(c1)-c1cccc(c1)N3c1ccc2c(c1)c1ccccc1n2-c1ccccc1. The van der Waals surface area contributed by atoms with Crippen LogP contribution >= 0.6 is 0 Å². The van der Waals surface area contributed by atoms with Crippen molar-refractivity contribution in [3.8, 4) is 33.6 Å². The lowest BCUT2D eigenvalue weighted by Gasteiger charge is -2.28. The molecule has 4 nitrogen and oxygen atoms in total. The van der Waals surface area contributed by atoms with E-state index in [0.717, 1.165) is 50.9 Å². The summed E-state index contributed by atoms with van der Waals surface area (Å²) in [5.74, 6) is 0. The summed E-state index contributed by atoms with van der Waals surface area (Å²) in [6.07, 6.45) is 0. The Labute approximate surface area is 412 Å². The van der Waals surface area contributed by atoms with Crippen molar-refractivity contribution in [2.45, 2.75) is 19.3 Å². The van der Waals surface area contributed by atoms with E-state index in [4.69, 9.17) is 0 Å². The number of rotatable bonds is 4. The molecule has 0 atom stereocenters. The molecule has 11 aromatic carbocycles. The van der Waals surface area contributed by atoms with Gasteiger partial charge in [0.15, 0.2) is 0 Å². The molecule has 0 saturated carbocycles. The zero-order chi connectivity index (χ0) is 47.0. The second-order valence-electron chi connectivity index (χ2n) is 19.8. The topological polar surface area (TPSA) is 16.3 Å². The van der Waals surface area contributed by atoms with Gasteiger partial charge in [-0.1, -0.05) is 141 Å². The predicted molar refractivity (Wildman–Crippen MR) is 299 cm³/mol. The molecule has 2 aromatic heterocycles. The molecule has 0 radical (unpaired) electrons. The van der Waals surface area contributed by atoms with E-state index in [2.05, 4.69) is 275 Å². The largest absolute Gasteiger partial charge is 0.310 e. The van der Waals surface area contributed by atoms with Crippen molar-refractivity contribution < 1.29 is 0 Å². The Bertz CT molecular complexity index is 4340. The van der Waals surface area contributed by atoms with Gasteiger partial charge in [-0.25, -0.2) is 0 Å². The third kappa shape index (κ3) is 5.85. The molecule has 2 aliphatic rings. The highest BCUT2D eigenvalue weighted by atomic mass is 15.2. The van der Waals surface area contributed by atoms with Crippen molar-refractivity contribution in [3.63, 3.8) is 0 Å². The molecule has 0 saturated heterocycles. The standard InChI is InChI=1S/C67H46N4/c1-67(2)60-33-29-49-39-56(60)57-40-50(30-34-61(57)67)69(52-32-36-66-59(42-52)55-25-9-11-27-64(55)71(66)62-28-14-16-43-15-6-7-23-53(43)62)48-22-13-18-45(38-48)44-17-12-21-47(37-44)68(49)51-31-35-65-58(41-51)54-24-8-10-26-63(54)70(65)46-19-4-3-5-20-46/h3-42H,1-2H3. The fourth-order valence-electron chi connectivity index (χ4n) is 12.3. The zero-order valence-corrected chi connectivity index (χ0v) is 39.4. The normalized spacial score (nSPS) is 13.5. The van der Waals surface area contributed by atoms with Crippen LogP contribution in [0.25, 0.3) is 88.0 Å². The maximum atomic E-state index is 2.46. The molecule has 71 heavy (non-hydrogen) atoms. The molecule has 8 bridgehead atoms. The van der Waals surface area contributed by atoms with Crippen LogP contribution in [0.15, 0.2) is 243 Å². The van der Waals surface area contributed by atoms with Crippen molar-refractivity contribution in [2.24, 2.45) is 0 Å². The first kappa shape index (κ1) is 39.8. The minimum atomic E-state index is -0.189. The highest BCUT2D eigenvalue weighted by molar-refractivity contribution is 6.13. The highest BCUT2D eigenvalue weighted by Crippen LogP contribution is 2.53. The monoisotopic (exact) mass is 906 g/mol. The lowest BCUT2D eigenvalue weighted by molar-refractivity contribution is 0.660. The molecule has 1 aliphatic carbocycles. The molecule has 0 fully saturated rings. The van der Waals surface area contributed by atoms with Crippen molar-refractivity contribution >= 4 is 88.5 Å². The predicted octanol–water partition coefficient (Wildman–Crippen LogP) is 18.3. The van der Waals surface area contributed by atoms with Gasteiger partial charge in [0.05, 0.1) is 27.8 Å². The van der Waals surface area contributed by atoms with Crippen molar-refractivity contribution in [1.82, 2.24) is 9.13 Å².